The molecule has 32 heavy (non-hydrogen) atoms. The summed E-state index contributed by atoms with van der Waals surface area (Å²) in [5, 5.41) is 3.34. The van der Waals surface area contributed by atoms with Crippen molar-refractivity contribution in [2.24, 2.45) is 0 Å². The van der Waals surface area contributed by atoms with Gasteiger partial charge >= 0.3 is 0 Å². The van der Waals surface area contributed by atoms with Gasteiger partial charge in [0.05, 0.1) is 10.6 Å². The molecule has 0 radical (unpaired) electrons. The van der Waals surface area contributed by atoms with E-state index in [1.54, 1.807) is 48.5 Å². The molecule has 0 atom stereocenters. The van der Waals surface area contributed by atoms with E-state index in [4.69, 9.17) is 28.6 Å². The standard InChI is InChI=1S/C24H17ClN2O3S2/c25-17-9-11-18(12-10-17)26-22(28)15-30-20-8-4-5-16(13-20)14-21-23(29)27(24(31)32-21)19-6-2-1-3-7-19/h1-14H,15H2,(H,26,28)/b21-14-. The number of nitrogens with one attached hydrogen (secondary N) is 1. The summed E-state index contributed by atoms with van der Waals surface area (Å²) in [6.45, 7) is -0.151. The van der Waals surface area contributed by atoms with Crippen molar-refractivity contribution in [2.75, 3.05) is 16.8 Å². The second-order valence-electron chi connectivity index (χ2n) is 6.77. The van der Waals surface area contributed by atoms with Crippen LogP contribution in [-0.4, -0.2) is 22.7 Å². The third-order valence-corrected chi connectivity index (χ3v) is 6.02. The molecule has 1 fully saturated rings. The zero-order valence-electron chi connectivity index (χ0n) is 16.7. The maximum absolute atomic E-state index is 12.9. The van der Waals surface area contributed by atoms with Crippen LogP contribution in [0.3, 0.4) is 0 Å². The van der Waals surface area contributed by atoms with E-state index in [2.05, 4.69) is 5.32 Å². The monoisotopic (exact) mass is 480 g/mol. The van der Waals surface area contributed by atoms with Crippen molar-refractivity contribution in [3.63, 3.8) is 0 Å². The molecule has 0 saturated carbocycles. The Morgan fingerprint density at radius 3 is 2.56 bits per heavy atom. The second kappa shape index (κ2) is 9.99. The van der Waals surface area contributed by atoms with Crippen LogP contribution in [0.1, 0.15) is 5.56 Å². The van der Waals surface area contributed by atoms with Gasteiger partial charge < -0.3 is 10.1 Å². The molecule has 5 nitrogen and oxygen atoms in total. The minimum Gasteiger partial charge on any atom is -0.484 e. The number of anilines is 2. The zero-order valence-corrected chi connectivity index (χ0v) is 19.0. The smallest absolute Gasteiger partial charge is 0.270 e. The number of ether oxygens (including phenoxy) is 1. The molecule has 0 aromatic heterocycles. The molecular weight excluding hydrogens is 464 g/mol. The number of hydrogen-bond acceptors (Lipinski definition) is 5. The lowest BCUT2D eigenvalue weighted by molar-refractivity contribution is -0.118. The van der Waals surface area contributed by atoms with E-state index in [0.717, 1.165) is 11.3 Å². The Hall–Kier alpha value is -3.13. The lowest BCUT2D eigenvalue weighted by Crippen LogP contribution is -2.27. The number of carbonyl (C=O) groups excluding carboxylic acids is 2. The molecule has 1 aliphatic heterocycles. The average molecular weight is 481 g/mol. The van der Waals surface area contributed by atoms with Crippen LogP contribution in [0.5, 0.6) is 5.75 Å². The fourth-order valence-electron chi connectivity index (χ4n) is 2.99. The van der Waals surface area contributed by atoms with Crippen molar-refractivity contribution in [2.45, 2.75) is 0 Å². The van der Waals surface area contributed by atoms with Gasteiger partial charge in [0.1, 0.15) is 5.75 Å². The minimum absolute atomic E-state index is 0.151. The summed E-state index contributed by atoms with van der Waals surface area (Å²) in [6, 6.07) is 23.3. The van der Waals surface area contributed by atoms with E-state index in [9.17, 15) is 9.59 Å². The Balaban J connectivity index is 1.41. The van der Waals surface area contributed by atoms with E-state index in [1.807, 2.05) is 36.4 Å². The first kappa shape index (κ1) is 22.1. The van der Waals surface area contributed by atoms with Crippen LogP contribution in [0.2, 0.25) is 5.02 Å². The maximum Gasteiger partial charge on any atom is 0.270 e. The van der Waals surface area contributed by atoms with Crippen molar-refractivity contribution in [1.29, 1.82) is 0 Å². The Kier molecular flexibility index (Phi) is 6.90. The molecule has 1 N–H and O–H groups in total. The van der Waals surface area contributed by atoms with Gasteiger partial charge in [0.25, 0.3) is 11.8 Å². The summed E-state index contributed by atoms with van der Waals surface area (Å²) in [7, 11) is 0. The first-order valence-corrected chi connectivity index (χ1v) is 11.2. The molecule has 2 amide bonds. The average Bonchev–Trinajstić information content (AvgIpc) is 3.07. The third-order valence-electron chi connectivity index (χ3n) is 4.46. The van der Waals surface area contributed by atoms with Gasteiger partial charge in [0, 0.05) is 10.7 Å². The van der Waals surface area contributed by atoms with Gasteiger partial charge in [-0.05, 0) is 60.2 Å². The van der Waals surface area contributed by atoms with Gasteiger partial charge in [-0.3, -0.25) is 14.5 Å². The fraction of sp³-hybridized carbons (Fsp3) is 0.0417. The zero-order chi connectivity index (χ0) is 22.5. The van der Waals surface area contributed by atoms with Gasteiger partial charge in [0.15, 0.2) is 10.9 Å². The Morgan fingerprint density at radius 2 is 1.81 bits per heavy atom. The number of hydrogen-bond donors (Lipinski definition) is 1. The summed E-state index contributed by atoms with van der Waals surface area (Å²) in [4.78, 5) is 27.1. The molecule has 0 aliphatic carbocycles. The number of thiocarbonyl (C=S) groups is 1. The number of carbonyl (C=O) groups is 2. The molecule has 4 rings (SSSR count). The highest BCUT2D eigenvalue weighted by atomic mass is 35.5. The summed E-state index contributed by atoms with van der Waals surface area (Å²) in [5.41, 5.74) is 2.15. The summed E-state index contributed by atoms with van der Waals surface area (Å²) in [6.07, 6.45) is 1.77. The molecule has 0 bridgehead atoms. The van der Waals surface area contributed by atoms with Crippen LogP contribution in [0.4, 0.5) is 11.4 Å². The van der Waals surface area contributed by atoms with E-state index >= 15 is 0 Å². The van der Waals surface area contributed by atoms with E-state index < -0.39 is 0 Å². The van der Waals surface area contributed by atoms with Crippen LogP contribution >= 0.6 is 35.6 Å². The normalized spacial score (nSPS) is 14.7. The highest BCUT2D eigenvalue weighted by Crippen LogP contribution is 2.36. The Morgan fingerprint density at radius 1 is 1.06 bits per heavy atom. The molecule has 3 aromatic carbocycles. The van der Waals surface area contributed by atoms with Gasteiger partial charge in [-0.1, -0.05) is 65.9 Å². The van der Waals surface area contributed by atoms with Gasteiger partial charge in [0.2, 0.25) is 0 Å². The lowest BCUT2D eigenvalue weighted by atomic mass is 10.2. The van der Waals surface area contributed by atoms with Gasteiger partial charge in [-0.25, -0.2) is 0 Å². The van der Waals surface area contributed by atoms with Crippen LogP contribution in [-0.2, 0) is 9.59 Å². The largest absolute Gasteiger partial charge is 0.484 e. The van der Waals surface area contributed by atoms with Crippen molar-refractivity contribution >= 4 is 69.2 Å². The molecule has 3 aromatic rings. The topological polar surface area (TPSA) is 58.6 Å². The quantitative estimate of drug-likeness (QED) is 0.359. The molecule has 160 valence electrons. The number of benzene rings is 3. The highest BCUT2D eigenvalue weighted by molar-refractivity contribution is 8.27. The number of thioether (sulfide) groups is 1. The van der Waals surface area contributed by atoms with Crippen LogP contribution < -0.4 is 15.0 Å². The summed E-state index contributed by atoms with van der Waals surface area (Å²) >= 11 is 12.5. The number of nitrogens with zero attached hydrogens (tertiary/aromatic N) is 1. The molecule has 1 heterocycles. The number of halogens is 1. The third kappa shape index (κ3) is 5.37. The first-order valence-electron chi connectivity index (χ1n) is 9.61. The maximum atomic E-state index is 12.9. The fourth-order valence-corrected chi connectivity index (χ4v) is 4.42. The lowest BCUT2D eigenvalue weighted by Gasteiger charge is -2.13. The predicted molar refractivity (Wildman–Crippen MR) is 134 cm³/mol. The van der Waals surface area contributed by atoms with Crippen molar-refractivity contribution in [1.82, 2.24) is 0 Å². The van der Waals surface area contributed by atoms with Crippen LogP contribution in [0.15, 0.2) is 83.8 Å². The van der Waals surface area contributed by atoms with E-state index in [1.165, 1.54) is 16.7 Å². The molecule has 1 aliphatic rings. The second-order valence-corrected chi connectivity index (χ2v) is 8.88. The van der Waals surface area contributed by atoms with Gasteiger partial charge in [-0.2, -0.15) is 0 Å². The molecule has 0 spiro atoms. The summed E-state index contributed by atoms with van der Waals surface area (Å²) < 4.78 is 6.10. The SMILES string of the molecule is O=C(COc1cccc(/C=C2\SC(=S)N(c3ccccc3)C2=O)c1)Nc1ccc(Cl)cc1. The molecule has 0 unspecified atom stereocenters. The Bertz CT molecular complexity index is 1200. The predicted octanol–water partition coefficient (Wildman–Crippen LogP) is 5.76. The first-order chi connectivity index (χ1) is 15.5. The number of amides is 2. The minimum atomic E-state index is -0.290. The van der Waals surface area contributed by atoms with Crippen molar-refractivity contribution < 1.29 is 14.3 Å². The Labute approximate surface area is 200 Å². The van der Waals surface area contributed by atoms with Crippen LogP contribution in [0.25, 0.3) is 6.08 Å². The molecule has 8 heteroatoms. The van der Waals surface area contributed by atoms with E-state index in [-0.39, 0.29) is 18.4 Å². The van der Waals surface area contributed by atoms with Gasteiger partial charge in [-0.15, -0.1) is 0 Å². The molecule has 1 saturated heterocycles. The number of para-hydroxylation sites is 1. The van der Waals surface area contributed by atoms with Crippen LogP contribution in [0, 0.1) is 0 Å². The van der Waals surface area contributed by atoms with Crippen molar-refractivity contribution in [3.8, 4) is 5.75 Å². The highest BCUT2D eigenvalue weighted by Gasteiger charge is 2.33. The number of rotatable bonds is 6. The van der Waals surface area contributed by atoms with E-state index in [0.29, 0.717) is 25.7 Å². The molecular formula is C24H17ClN2O3S2. The van der Waals surface area contributed by atoms with Crippen molar-refractivity contribution in [3.05, 3.63) is 94.4 Å². The summed E-state index contributed by atoms with van der Waals surface area (Å²) in [5.74, 6) is 0.0601.